The summed E-state index contributed by atoms with van der Waals surface area (Å²) in [5, 5.41) is 23.9. The van der Waals surface area contributed by atoms with Gasteiger partial charge in [-0.25, -0.2) is 5.43 Å². The highest BCUT2D eigenvalue weighted by molar-refractivity contribution is 7.71. The molecule has 0 aliphatic heterocycles. The SMILES string of the molecule is CCn1c(O)c(C=NNC(=O)c2cc(Cl)ccc2O)c(=O)n(CC)c1=S. The molecular weight excluding hydrogens is 380 g/mol. The van der Waals surface area contributed by atoms with Crippen molar-refractivity contribution in [2.75, 3.05) is 0 Å². The maximum absolute atomic E-state index is 12.4. The van der Waals surface area contributed by atoms with Gasteiger partial charge in [-0.1, -0.05) is 11.6 Å². The number of rotatable bonds is 5. The minimum Gasteiger partial charge on any atom is -0.507 e. The molecule has 1 heterocycles. The molecule has 2 rings (SSSR count). The molecule has 0 aliphatic rings. The van der Waals surface area contributed by atoms with Crippen LogP contribution in [-0.2, 0) is 13.1 Å². The van der Waals surface area contributed by atoms with Crippen LogP contribution in [0.2, 0.25) is 5.02 Å². The minimum atomic E-state index is -0.722. The molecule has 10 heteroatoms. The Morgan fingerprint density at radius 1 is 1.31 bits per heavy atom. The van der Waals surface area contributed by atoms with Gasteiger partial charge in [0, 0.05) is 18.1 Å². The Balaban J connectivity index is 2.37. The molecule has 0 unspecified atom stereocenters. The van der Waals surface area contributed by atoms with E-state index in [9.17, 15) is 19.8 Å². The second-order valence-corrected chi connectivity index (χ2v) is 5.98. The van der Waals surface area contributed by atoms with Crippen LogP contribution in [0.5, 0.6) is 11.6 Å². The third-order valence-electron chi connectivity index (χ3n) is 3.63. The van der Waals surface area contributed by atoms with Crippen molar-refractivity contribution in [1.82, 2.24) is 14.6 Å². The molecule has 1 aromatic carbocycles. The number of carbonyl (C=O) groups excluding carboxylic acids is 1. The van der Waals surface area contributed by atoms with E-state index in [2.05, 4.69) is 10.5 Å². The molecule has 0 saturated heterocycles. The average molecular weight is 397 g/mol. The first-order chi connectivity index (χ1) is 12.3. The lowest BCUT2D eigenvalue weighted by Gasteiger charge is -2.13. The lowest BCUT2D eigenvalue weighted by molar-refractivity contribution is 0.0952. The first-order valence-corrected chi connectivity index (χ1v) is 8.48. The summed E-state index contributed by atoms with van der Waals surface area (Å²) in [6, 6.07) is 3.99. The van der Waals surface area contributed by atoms with Gasteiger partial charge in [-0.2, -0.15) is 5.10 Å². The Bertz CT molecular complexity index is 997. The van der Waals surface area contributed by atoms with E-state index >= 15 is 0 Å². The smallest absolute Gasteiger partial charge is 0.275 e. The molecule has 26 heavy (non-hydrogen) atoms. The summed E-state index contributed by atoms with van der Waals surface area (Å²) in [6.45, 7) is 4.19. The van der Waals surface area contributed by atoms with Gasteiger partial charge >= 0.3 is 0 Å². The lowest BCUT2D eigenvalue weighted by Crippen LogP contribution is -2.28. The van der Waals surface area contributed by atoms with E-state index in [4.69, 9.17) is 23.8 Å². The van der Waals surface area contributed by atoms with Gasteiger partial charge in [0.2, 0.25) is 5.88 Å². The fourth-order valence-electron chi connectivity index (χ4n) is 2.29. The Hall–Kier alpha value is -2.65. The largest absolute Gasteiger partial charge is 0.507 e. The van der Waals surface area contributed by atoms with Gasteiger partial charge in [-0.05, 0) is 44.3 Å². The van der Waals surface area contributed by atoms with Crippen molar-refractivity contribution in [3.63, 3.8) is 0 Å². The van der Waals surface area contributed by atoms with Crippen LogP contribution in [0, 0.1) is 4.77 Å². The normalized spacial score (nSPS) is 11.0. The van der Waals surface area contributed by atoms with E-state index in [0.29, 0.717) is 13.1 Å². The van der Waals surface area contributed by atoms with E-state index in [0.717, 1.165) is 6.21 Å². The highest BCUT2D eigenvalue weighted by Crippen LogP contribution is 2.21. The highest BCUT2D eigenvalue weighted by atomic mass is 35.5. The van der Waals surface area contributed by atoms with Gasteiger partial charge in [0.25, 0.3) is 11.5 Å². The topological polar surface area (TPSA) is 109 Å². The quantitative estimate of drug-likeness (QED) is 0.408. The Morgan fingerprint density at radius 3 is 2.58 bits per heavy atom. The maximum Gasteiger partial charge on any atom is 0.275 e. The number of aromatic nitrogens is 2. The molecule has 3 N–H and O–H groups in total. The Kier molecular flexibility index (Phi) is 6.17. The van der Waals surface area contributed by atoms with Crippen LogP contribution in [0.4, 0.5) is 0 Å². The molecule has 1 aromatic heterocycles. The van der Waals surface area contributed by atoms with Gasteiger partial charge in [0.15, 0.2) is 4.77 Å². The number of amides is 1. The zero-order valence-electron chi connectivity index (χ0n) is 14.1. The van der Waals surface area contributed by atoms with Gasteiger partial charge in [0.05, 0.1) is 11.8 Å². The number of benzene rings is 1. The van der Waals surface area contributed by atoms with Crippen molar-refractivity contribution in [3.05, 3.63) is 49.5 Å². The molecule has 0 spiro atoms. The first-order valence-electron chi connectivity index (χ1n) is 7.70. The number of phenolic OH excluding ortho intramolecular Hbond substituents is 1. The van der Waals surface area contributed by atoms with E-state index in [1.54, 1.807) is 13.8 Å². The lowest BCUT2D eigenvalue weighted by atomic mass is 10.2. The molecule has 2 aromatic rings. The summed E-state index contributed by atoms with van der Waals surface area (Å²) >= 11 is 11.0. The van der Waals surface area contributed by atoms with Crippen LogP contribution in [0.15, 0.2) is 28.1 Å². The van der Waals surface area contributed by atoms with Crippen molar-refractivity contribution in [3.8, 4) is 11.6 Å². The van der Waals surface area contributed by atoms with E-state index in [1.165, 1.54) is 27.3 Å². The van der Waals surface area contributed by atoms with Crippen molar-refractivity contribution in [2.45, 2.75) is 26.9 Å². The molecule has 0 aliphatic carbocycles. The van der Waals surface area contributed by atoms with E-state index < -0.39 is 11.5 Å². The number of aromatic hydroxyl groups is 2. The molecule has 0 fully saturated rings. The van der Waals surface area contributed by atoms with Gasteiger partial charge in [-0.3, -0.25) is 18.7 Å². The fraction of sp³-hybridized carbons (Fsp3) is 0.250. The Morgan fingerprint density at radius 2 is 1.96 bits per heavy atom. The average Bonchev–Trinajstić information content (AvgIpc) is 2.60. The second kappa shape index (κ2) is 8.15. The van der Waals surface area contributed by atoms with Crippen LogP contribution >= 0.6 is 23.8 Å². The van der Waals surface area contributed by atoms with Gasteiger partial charge in [0.1, 0.15) is 11.3 Å². The summed E-state index contributed by atoms with van der Waals surface area (Å²) < 4.78 is 2.89. The third kappa shape index (κ3) is 3.78. The molecular formula is C16H17ClN4O4S. The molecule has 1 amide bonds. The number of nitrogens with zero attached hydrogens (tertiary/aromatic N) is 3. The summed E-state index contributed by atoms with van der Waals surface area (Å²) in [5.41, 5.74) is 1.46. The summed E-state index contributed by atoms with van der Waals surface area (Å²) in [7, 11) is 0. The van der Waals surface area contributed by atoms with Crippen LogP contribution in [0.1, 0.15) is 29.8 Å². The predicted octanol–water partition coefficient (Wildman–Crippen LogP) is 2.25. The number of nitrogens with one attached hydrogen (secondary N) is 1. The van der Waals surface area contributed by atoms with Crippen LogP contribution in [0.3, 0.4) is 0 Å². The number of hydrogen-bond donors (Lipinski definition) is 3. The predicted molar refractivity (Wildman–Crippen MR) is 101 cm³/mol. The minimum absolute atomic E-state index is 0.0747. The van der Waals surface area contributed by atoms with Crippen LogP contribution in [0.25, 0.3) is 0 Å². The number of hydrogen-bond acceptors (Lipinski definition) is 6. The second-order valence-electron chi connectivity index (χ2n) is 5.17. The van der Waals surface area contributed by atoms with Crippen molar-refractivity contribution < 1.29 is 15.0 Å². The summed E-state index contributed by atoms with van der Waals surface area (Å²) in [4.78, 5) is 24.5. The number of hydrazone groups is 1. The first kappa shape index (κ1) is 19.7. The van der Waals surface area contributed by atoms with E-state index in [-0.39, 0.29) is 32.6 Å². The van der Waals surface area contributed by atoms with Gasteiger partial charge in [-0.15, -0.1) is 0 Å². The fourth-order valence-corrected chi connectivity index (χ4v) is 2.89. The number of phenols is 1. The molecule has 0 radical (unpaired) electrons. The van der Waals surface area contributed by atoms with Crippen LogP contribution in [-0.4, -0.2) is 31.5 Å². The van der Waals surface area contributed by atoms with E-state index in [1.807, 2.05) is 0 Å². The zero-order valence-corrected chi connectivity index (χ0v) is 15.6. The molecule has 0 atom stereocenters. The third-order valence-corrected chi connectivity index (χ3v) is 4.31. The standard InChI is InChI=1S/C16H17ClN4O4S/c1-3-20-14(24)11(15(25)21(4-2)16(20)26)8-18-19-13(23)10-7-9(17)5-6-12(10)22/h5-8,22,24H,3-4H2,1-2H3,(H,19,23). The molecule has 138 valence electrons. The zero-order chi connectivity index (χ0) is 19.4. The number of carbonyl (C=O) groups is 1. The Labute approximate surface area is 159 Å². The van der Waals surface area contributed by atoms with Crippen molar-refractivity contribution >= 4 is 35.9 Å². The highest BCUT2D eigenvalue weighted by Gasteiger charge is 2.15. The van der Waals surface area contributed by atoms with Gasteiger partial charge < -0.3 is 10.2 Å². The maximum atomic E-state index is 12.4. The van der Waals surface area contributed by atoms with Crippen molar-refractivity contribution in [2.24, 2.45) is 5.10 Å². The van der Waals surface area contributed by atoms with Crippen molar-refractivity contribution in [1.29, 1.82) is 0 Å². The molecule has 8 nitrogen and oxygen atoms in total. The number of halogens is 1. The molecule has 0 bridgehead atoms. The molecule has 0 saturated carbocycles. The summed E-state index contributed by atoms with van der Waals surface area (Å²) in [5.74, 6) is -1.33. The monoisotopic (exact) mass is 396 g/mol. The summed E-state index contributed by atoms with van der Waals surface area (Å²) in [6.07, 6.45) is 1.03. The van der Waals surface area contributed by atoms with Crippen LogP contribution < -0.4 is 11.0 Å².